The van der Waals surface area contributed by atoms with Crippen LogP contribution in [0.4, 0.5) is 0 Å². The molecule has 0 aliphatic carbocycles. The van der Waals surface area contributed by atoms with Crippen LogP contribution in [0.5, 0.6) is 5.75 Å². The molecule has 0 saturated carbocycles. The van der Waals surface area contributed by atoms with Crippen molar-refractivity contribution in [2.75, 3.05) is 6.61 Å². The van der Waals surface area contributed by atoms with Crippen LogP contribution in [0.1, 0.15) is 26.3 Å². The van der Waals surface area contributed by atoms with Crippen LogP contribution in [0, 0.1) is 0 Å². The second kappa shape index (κ2) is 5.98. The fourth-order valence-corrected chi connectivity index (χ4v) is 1.19. The van der Waals surface area contributed by atoms with Gasteiger partial charge >= 0.3 is 18.9 Å². The SMILES string of the molecule is CC(C)(C)c1ccc(OCC(=O)[O-])cc1.[Li+]. The van der Waals surface area contributed by atoms with Crippen LogP contribution in [0.3, 0.4) is 0 Å². The summed E-state index contributed by atoms with van der Waals surface area (Å²) in [6.45, 7) is 5.94. The molecule has 0 aromatic heterocycles. The molecular formula is C12H15LiO3. The van der Waals surface area contributed by atoms with Gasteiger partial charge in [-0.2, -0.15) is 0 Å². The fourth-order valence-electron chi connectivity index (χ4n) is 1.19. The molecule has 0 radical (unpaired) electrons. The number of carboxylic acid groups (broad SMARTS) is 1. The van der Waals surface area contributed by atoms with E-state index in [1.807, 2.05) is 12.1 Å². The smallest absolute Gasteiger partial charge is 0.546 e. The molecule has 0 unspecified atom stereocenters. The molecule has 0 saturated heterocycles. The van der Waals surface area contributed by atoms with E-state index >= 15 is 0 Å². The van der Waals surface area contributed by atoms with Gasteiger partial charge in [-0.3, -0.25) is 0 Å². The summed E-state index contributed by atoms with van der Waals surface area (Å²) >= 11 is 0. The van der Waals surface area contributed by atoms with Gasteiger partial charge in [-0.25, -0.2) is 0 Å². The Morgan fingerprint density at radius 3 is 2.12 bits per heavy atom. The molecule has 16 heavy (non-hydrogen) atoms. The maximum atomic E-state index is 10.2. The van der Waals surface area contributed by atoms with Gasteiger partial charge in [-0.1, -0.05) is 32.9 Å². The summed E-state index contributed by atoms with van der Waals surface area (Å²) in [6.07, 6.45) is 0. The zero-order valence-corrected chi connectivity index (χ0v) is 10.2. The molecule has 0 aliphatic heterocycles. The Morgan fingerprint density at radius 1 is 1.25 bits per heavy atom. The van der Waals surface area contributed by atoms with E-state index in [0.717, 1.165) is 0 Å². The van der Waals surface area contributed by atoms with Crippen LogP contribution < -0.4 is 28.7 Å². The van der Waals surface area contributed by atoms with Gasteiger partial charge < -0.3 is 14.6 Å². The van der Waals surface area contributed by atoms with Gasteiger partial charge in [0.25, 0.3) is 0 Å². The monoisotopic (exact) mass is 214 g/mol. The summed E-state index contributed by atoms with van der Waals surface area (Å²) in [6, 6.07) is 7.41. The predicted molar refractivity (Wildman–Crippen MR) is 55.6 cm³/mol. The molecule has 82 valence electrons. The first-order valence-electron chi connectivity index (χ1n) is 4.83. The summed E-state index contributed by atoms with van der Waals surface area (Å²) in [4.78, 5) is 10.2. The van der Waals surface area contributed by atoms with E-state index in [1.54, 1.807) is 12.1 Å². The zero-order valence-electron chi connectivity index (χ0n) is 10.2. The van der Waals surface area contributed by atoms with Crippen LogP contribution in [-0.4, -0.2) is 12.6 Å². The molecule has 0 spiro atoms. The minimum Gasteiger partial charge on any atom is -0.546 e. The van der Waals surface area contributed by atoms with Crippen molar-refractivity contribution in [2.24, 2.45) is 0 Å². The average molecular weight is 214 g/mol. The van der Waals surface area contributed by atoms with Crippen molar-refractivity contribution in [3.63, 3.8) is 0 Å². The second-order valence-electron chi connectivity index (χ2n) is 4.44. The van der Waals surface area contributed by atoms with Crippen molar-refractivity contribution in [2.45, 2.75) is 26.2 Å². The molecule has 1 rings (SSSR count). The Morgan fingerprint density at radius 2 is 1.75 bits per heavy atom. The van der Waals surface area contributed by atoms with E-state index in [1.165, 1.54) is 5.56 Å². The number of carbonyl (C=O) groups is 1. The summed E-state index contributed by atoms with van der Waals surface area (Å²) in [7, 11) is 0. The summed E-state index contributed by atoms with van der Waals surface area (Å²) in [5, 5.41) is 10.2. The van der Waals surface area contributed by atoms with Gasteiger partial charge in [-0.15, -0.1) is 0 Å². The van der Waals surface area contributed by atoms with Crippen LogP contribution in [0.2, 0.25) is 0 Å². The van der Waals surface area contributed by atoms with Crippen LogP contribution in [0.25, 0.3) is 0 Å². The number of benzene rings is 1. The first kappa shape index (κ1) is 15.1. The molecule has 0 N–H and O–H groups in total. The van der Waals surface area contributed by atoms with Crippen molar-refractivity contribution in [3.05, 3.63) is 29.8 Å². The maximum absolute atomic E-state index is 10.2. The molecular weight excluding hydrogens is 199 g/mol. The molecule has 3 nitrogen and oxygen atoms in total. The minimum atomic E-state index is -1.21. The predicted octanol–water partition coefficient (Wildman–Crippen LogP) is -1.88. The third-order valence-corrected chi connectivity index (χ3v) is 2.08. The van der Waals surface area contributed by atoms with E-state index in [-0.39, 0.29) is 24.3 Å². The Balaban J connectivity index is 0.00000225. The van der Waals surface area contributed by atoms with Crippen molar-refractivity contribution in [3.8, 4) is 5.75 Å². The topological polar surface area (TPSA) is 49.4 Å². The van der Waals surface area contributed by atoms with Crippen LogP contribution >= 0.6 is 0 Å². The third kappa shape index (κ3) is 4.74. The molecule has 0 amide bonds. The van der Waals surface area contributed by atoms with Crippen LogP contribution in [0.15, 0.2) is 24.3 Å². The third-order valence-electron chi connectivity index (χ3n) is 2.08. The maximum Gasteiger partial charge on any atom is 1.00 e. The van der Waals surface area contributed by atoms with Crippen molar-refractivity contribution in [1.82, 2.24) is 0 Å². The summed E-state index contributed by atoms with van der Waals surface area (Å²) < 4.78 is 4.97. The van der Waals surface area contributed by atoms with Gasteiger partial charge in [0.05, 0.1) is 5.97 Å². The molecule has 0 bridgehead atoms. The molecule has 1 aromatic rings. The van der Waals surface area contributed by atoms with Gasteiger partial charge in [0.2, 0.25) is 0 Å². The second-order valence-corrected chi connectivity index (χ2v) is 4.44. The van der Waals surface area contributed by atoms with Gasteiger partial charge in [0, 0.05) is 0 Å². The molecule has 0 aliphatic rings. The Kier molecular flexibility index (Phi) is 5.64. The molecule has 1 aromatic carbocycles. The standard InChI is InChI=1S/C12H16O3.Li/c1-12(2,3)9-4-6-10(7-5-9)15-8-11(13)14;/h4-7H,8H2,1-3H3,(H,13,14);/q;+1/p-1. The first-order valence-corrected chi connectivity index (χ1v) is 4.83. The van der Waals surface area contributed by atoms with Crippen molar-refractivity contribution >= 4 is 5.97 Å². The fraction of sp³-hybridized carbons (Fsp3) is 0.417. The van der Waals surface area contributed by atoms with E-state index in [0.29, 0.717) is 5.75 Å². The van der Waals surface area contributed by atoms with E-state index in [9.17, 15) is 9.90 Å². The number of aliphatic carboxylic acids is 1. The number of ether oxygens (including phenoxy) is 1. The van der Waals surface area contributed by atoms with Crippen molar-refractivity contribution in [1.29, 1.82) is 0 Å². The van der Waals surface area contributed by atoms with Crippen LogP contribution in [-0.2, 0) is 10.2 Å². The summed E-state index contributed by atoms with van der Waals surface area (Å²) in [5.41, 5.74) is 1.27. The molecule has 0 atom stereocenters. The van der Waals surface area contributed by atoms with Gasteiger partial charge in [0.1, 0.15) is 12.4 Å². The minimum absolute atomic E-state index is 0. The number of hydrogen-bond donors (Lipinski definition) is 0. The molecule has 0 heterocycles. The molecule has 0 fully saturated rings. The Hall–Kier alpha value is -0.913. The summed E-state index contributed by atoms with van der Waals surface area (Å²) in [5.74, 6) is -0.665. The van der Waals surface area contributed by atoms with E-state index in [2.05, 4.69) is 20.8 Å². The molecule has 4 heteroatoms. The van der Waals surface area contributed by atoms with Crippen molar-refractivity contribution < 1.29 is 33.5 Å². The van der Waals surface area contributed by atoms with E-state index in [4.69, 9.17) is 4.74 Å². The number of rotatable bonds is 3. The Labute approximate surface area is 108 Å². The average Bonchev–Trinajstić information content (AvgIpc) is 2.14. The quantitative estimate of drug-likeness (QED) is 0.553. The zero-order chi connectivity index (χ0) is 11.5. The normalized spacial score (nSPS) is 10.4. The Bertz CT molecular complexity index is 338. The number of hydrogen-bond acceptors (Lipinski definition) is 3. The van der Waals surface area contributed by atoms with Gasteiger partial charge in [0.15, 0.2) is 0 Å². The van der Waals surface area contributed by atoms with E-state index < -0.39 is 12.6 Å². The largest absolute Gasteiger partial charge is 1.00 e. The first-order chi connectivity index (χ1) is 6.89. The number of carboxylic acids is 1. The van der Waals surface area contributed by atoms with Gasteiger partial charge in [-0.05, 0) is 23.1 Å². The number of carbonyl (C=O) groups excluding carboxylic acids is 1.